The van der Waals surface area contributed by atoms with Crippen LogP contribution in [-0.4, -0.2) is 35.4 Å². The normalized spacial score (nSPS) is 21.4. The maximum absolute atomic E-state index is 12.3. The molecule has 5 heteroatoms. The largest absolute Gasteiger partial charge is 0.487 e. The standard InChI is InChI=1S/C20H28N2O3/c1-3-4-9-19(24)21-17-14-20(10-12-22(13-11-20)15(2)23)25-18-8-6-5-7-16(17)18/h5-8,17H,3-4,9-14H2,1-2H3,(H,21,24)/t17-/m1/s1. The fourth-order valence-corrected chi connectivity index (χ4v) is 3.89. The predicted octanol–water partition coefficient (Wildman–Crippen LogP) is 3.20. The molecule has 136 valence electrons. The number of likely N-dealkylation sites (tertiary alicyclic amines) is 1. The number of unbranched alkanes of at least 4 members (excludes halogenated alkanes) is 1. The van der Waals surface area contributed by atoms with Crippen molar-refractivity contribution in [3.05, 3.63) is 29.8 Å². The SMILES string of the molecule is CCCCC(=O)N[C@@H]1CC2(CCN(C(C)=O)CC2)Oc2ccccc21. The van der Waals surface area contributed by atoms with Crippen molar-refractivity contribution in [2.24, 2.45) is 0 Å². The molecule has 1 saturated heterocycles. The van der Waals surface area contributed by atoms with Gasteiger partial charge in [0.05, 0.1) is 6.04 Å². The van der Waals surface area contributed by atoms with Crippen LogP contribution in [0.2, 0.25) is 0 Å². The number of carbonyl (C=O) groups excluding carboxylic acids is 2. The molecule has 0 saturated carbocycles. The first-order valence-electron chi connectivity index (χ1n) is 9.36. The lowest BCUT2D eigenvalue weighted by atomic mass is 9.80. The Hall–Kier alpha value is -2.04. The second kappa shape index (κ2) is 7.46. The zero-order chi connectivity index (χ0) is 17.9. The van der Waals surface area contributed by atoms with Gasteiger partial charge in [-0.3, -0.25) is 9.59 Å². The highest BCUT2D eigenvalue weighted by Crippen LogP contribution is 2.44. The van der Waals surface area contributed by atoms with E-state index in [2.05, 4.69) is 12.2 Å². The Labute approximate surface area is 149 Å². The Balaban J connectivity index is 1.76. The summed E-state index contributed by atoms with van der Waals surface area (Å²) < 4.78 is 6.39. The Morgan fingerprint density at radius 1 is 1.28 bits per heavy atom. The molecule has 3 rings (SSSR count). The van der Waals surface area contributed by atoms with Gasteiger partial charge in [0.15, 0.2) is 0 Å². The minimum atomic E-state index is -0.289. The molecule has 2 aliphatic rings. The van der Waals surface area contributed by atoms with Crippen molar-refractivity contribution in [1.82, 2.24) is 10.2 Å². The van der Waals surface area contributed by atoms with E-state index in [-0.39, 0.29) is 23.5 Å². The van der Waals surface area contributed by atoms with Crippen molar-refractivity contribution in [2.45, 2.75) is 64.0 Å². The lowest BCUT2D eigenvalue weighted by Gasteiger charge is -2.46. The maximum Gasteiger partial charge on any atom is 0.220 e. The van der Waals surface area contributed by atoms with Gasteiger partial charge in [0.1, 0.15) is 11.4 Å². The summed E-state index contributed by atoms with van der Waals surface area (Å²) in [6, 6.07) is 7.97. The summed E-state index contributed by atoms with van der Waals surface area (Å²) in [4.78, 5) is 25.8. The highest BCUT2D eigenvalue weighted by molar-refractivity contribution is 5.76. The molecular weight excluding hydrogens is 316 g/mol. The van der Waals surface area contributed by atoms with Crippen molar-refractivity contribution >= 4 is 11.8 Å². The zero-order valence-corrected chi connectivity index (χ0v) is 15.2. The van der Waals surface area contributed by atoms with Crippen molar-refractivity contribution < 1.29 is 14.3 Å². The molecule has 0 aromatic heterocycles. The van der Waals surface area contributed by atoms with E-state index in [0.717, 1.165) is 43.4 Å². The number of rotatable bonds is 4. The lowest BCUT2D eigenvalue weighted by molar-refractivity contribution is -0.133. The average Bonchev–Trinajstić information content (AvgIpc) is 2.60. The molecule has 1 fully saturated rings. The molecule has 1 aromatic rings. The molecule has 0 aliphatic carbocycles. The van der Waals surface area contributed by atoms with Crippen LogP contribution in [0.1, 0.15) is 64.0 Å². The van der Waals surface area contributed by atoms with Crippen LogP contribution in [0.25, 0.3) is 0 Å². The molecule has 0 unspecified atom stereocenters. The molecule has 1 atom stereocenters. The molecule has 5 nitrogen and oxygen atoms in total. The van der Waals surface area contributed by atoms with E-state index in [1.807, 2.05) is 29.2 Å². The number of carbonyl (C=O) groups is 2. The number of ether oxygens (including phenoxy) is 1. The first-order valence-corrected chi connectivity index (χ1v) is 9.36. The van der Waals surface area contributed by atoms with Gasteiger partial charge in [0.25, 0.3) is 0 Å². The van der Waals surface area contributed by atoms with Crippen molar-refractivity contribution in [3.8, 4) is 5.75 Å². The van der Waals surface area contributed by atoms with Gasteiger partial charge in [-0.25, -0.2) is 0 Å². The summed E-state index contributed by atoms with van der Waals surface area (Å²) in [6.07, 6.45) is 4.89. The summed E-state index contributed by atoms with van der Waals surface area (Å²) >= 11 is 0. The van der Waals surface area contributed by atoms with Crippen molar-refractivity contribution in [1.29, 1.82) is 0 Å². The Morgan fingerprint density at radius 3 is 2.68 bits per heavy atom. The number of piperidine rings is 1. The van der Waals surface area contributed by atoms with Gasteiger partial charge < -0.3 is 15.0 Å². The highest BCUT2D eigenvalue weighted by Gasteiger charge is 2.43. The molecule has 2 aliphatic heterocycles. The number of benzene rings is 1. The summed E-state index contributed by atoms with van der Waals surface area (Å²) in [5, 5.41) is 3.22. The predicted molar refractivity (Wildman–Crippen MR) is 96.3 cm³/mol. The Kier molecular flexibility index (Phi) is 5.30. The van der Waals surface area contributed by atoms with E-state index in [4.69, 9.17) is 4.74 Å². The van der Waals surface area contributed by atoms with Gasteiger partial charge in [-0.15, -0.1) is 0 Å². The van der Waals surface area contributed by atoms with Crippen LogP contribution in [0.3, 0.4) is 0 Å². The molecule has 1 aromatic carbocycles. The maximum atomic E-state index is 12.3. The Bertz CT molecular complexity index is 636. The zero-order valence-electron chi connectivity index (χ0n) is 15.2. The summed E-state index contributed by atoms with van der Waals surface area (Å²) in [6.45, 7) is 5.14. The van der Waals surface area contributed by atoms with Crippen LogP contribution >= 0.6 is 0 Å². The minimum absolute atomic E-state index is 0.0156. The smallest absolute Gasteiger partial charge is 0.220 e. The number of nitrogens with zero attached hydrogens (tertiary/aromatic N) is 1. The number of nitrogens with one attached hydrogen (secondary N) is 1. The fraction of sp³-hybridized carbons (Fsp3) is 0.600. The lowest BCUT2D eigenvalue weighted by Crippen LogP contribution is -2.53. The first-order chi connectivity index (χ1) is 12.0. The Morgan fingerprint density at radius 2 is 2.00 bits per heavy atom. The summed E-state index contributed by atoms with van der Waals surface area (Å²) in [5.74, 6) is 1.10. The van der Waals surface area contributed by atoms with Crippen LogP contribution in [0.4, 0.5) is 0 Å². The molecule has 1 N–H and O–H groups in total. The van der Waals surface area contributed by atoms with Crippen molar-refractivity contribution in [2.75, 3.05) is 13.1 Å². The monoisotopic (exact) mass is 344 g/mol. The number of hydrogen-bond donors (Lipinski definition) is 1. The molecule has 1 spiro atoms. The topological polar surface area (TPSA) is 58.6 Å². The third kappa shape index (κ3) is 3.97. The molecule has 2 heterocycles. The van der Waals surface area contributed by atoms with Crippen LogP contribution in [-0.2, 0) is 9.59 Å². The second-order valence-corrected chi connectivity index (χ2v) is 7.26. The number of fused-ring (bicyclic) bond motifs is 1. The van der Waals surface area contributed by atoms with Crippen LogP contribution in [0, 0.1) is 0 Å². The van der Waals surface area contributed by atoms with Gasteiger partial charge >= 0.3 is 0 Å². The third-order valence-corrected chi connectivity index (χ3v) is 5.41. The number of amides is 2. The molecular formula is C20H28N2O3. The van der Waals surface area contributed by atoms with Gasteiger partial charge in [-0.2, -0.15) is 0 Å². The fourth-order valence-electron chi connectivity index (χ4n) is 3.89. The van der Waals surface area contributed by atoms with E-state index in [0.29, 0.717) is 19.5 Å². The first kappa shape index (κ1) is 17.8. The quantitative estimate of drug-likeness (QED) is 0.912. The number of hydrogen-bond acceptors (Lipinski definition) is 3. The van der Waals surface area contributed by atoms with E-state index >= 15 is 0 Å². The molecule has 25 heavy (non-hydrogen) atoms. The van der Waals surface area contributed by atoms with Crippen LogP contribution in [0.5, 0.6) is 5.75 Å². The van der Waals surface area contributed by atoms with Crippen molar-refractivity contribution in [3.63, 3.8) is 0 Å². The van der Waals surface area contributed by atoms with Gasteiger partial charge in [-0.05, 0) is 12.5 Å². The highest BCUT2D eigenvalue weighted by atomic mass is 16.5. The minimum Gasteiger partial charge on any atom is -0.487 e. The van der Waals surface area contributed by atoms with E-state index in [1.165, 1.54) is 0 Å². The van der Waals surface area contributed by atoms with Crippen LogP contribution in [0.15, 0.2) is 24.3 Å². The van der Waals surface area contributed by atoms with Crippen LogP contribution < -0.4 is 10.1 Å². The molecule has 0 bridgehead atoms. The van der Waals surface area contributed by atoms with Gasteiger partial charge in [0.2, 0.25) is 11.8 Å². The van der Waals surface area contributed by atoms with Gasteiger partial charge in [-0.1, -0.05) is 31.5 Å². The third-order valence-electron chi connectivity index (χ3n) is 5.41. The van der Waals surface area contributed by atoms with E-state index in [1.54, 1.807) is 6.92 Å². The van der Waals surface area contributed by atoms with Gasteiger partial charge in [0, 0.05) is 51.3 Å². The second-order valence-electron chi connectivity index (χ2n) is 7.26. The van der Waals surface area contributed by atoms with E-state index in [9.17, 15) is 9.59 Å². The average molecular weight is 344 g/mol. The summed E-state index contributed by atoms with van der Waals surface area (Å²) in [5.41, 5.74) is 0.773. The van der Waals surface area contributed by atoms with E-state index < -0.39 is 0 Å². The molecule has 0 radical (unpaired) electrons. The molecule has 2 amide bonds. The summed E-state index contributed by atoms with van der Waals surface area (Å²) in [7, 11) is 0. The number of para-hydroxylation sites is 1.